The van der Waals surface area contributed by atoms with E-state index in [2.05, 4.69) is 8.77 Å². The Morgan fingerprint density at radius 3 is 1.56 bits per heavy atom. The predicted octanol–water partition coefficient (Wildman–Crippen LogP) is -1.99. The predicted molar refractivity (Wildman–Crippen MR) is 25.7 cm³/mol. The van der Waals surface area contributed by atoms with E-state index in [0.717, 1.165) is 0 Å². The van der Waals surface area contributed by atoms with Gasteiger partial charge in [0.25, 0.3) is 0 Å². The molecule has 0 bridgehead atoms. The highest BCUT2D eigenvalue weighted by Gasteiger charge is 2.13. The van der Waals surface area contributed by atoms with Crippen LogP contribution in [0, 0.1) is 0 Å². The van der Waals surface area contributed by atoms with Crippen molar-refractivity contribution < 1.29 is 25.0 Å². The normalized spacial score (nSPS) is 13.6. The minimum absolute atomic E-state index is 2.90. The van der Waals surface area contributed by atoms with Crippen molar-refractivity contribution in [3.05, 3.63) is 0 Å². The van der Waals surface area contributed by atoms with Crippen molar-refractivity contribution in [1.29, 1.82) is 0 Å². The molecule has 0 unspecified atom stereocenters. The molecule has 0 aliphatic rings. The van der Waals surface area contributed by atoms with Crippen LogP contribution in [0.1, 0.15) is 0 Å². The highest BCUT2D eigenvalue weighted by Crippen LogP contribution is 1.88. The summed E-state index contributed by atoms with van der Waals surface area (Å²) in [6.07, 6.45) is 0. The minimum Gasteiger partial charge on any atom is -0.263 e. The molecule has 7 nitrogen and oxygen atoms in total. The fourth-order valence-electron chi connectivity index (χ4n) is 0.120. The Kier molecular flexibility index (Phi) is 2.14. The van der Waals surface area contributed by atoms with Crippen LogP contribution in [0.5, 0.6) is 0 Å². The largest absolute Gasteiger partial charge is 0.413 e. The summed E-state index contributed by atoms with van der Waals surface area (Å²) in [5, 5.41) is 4.03. The highest BCUT2D eigenvalue weighted by molar-refractivity contribution is 7.96. The van der Waals surface area contributed by atoms with Gasteiger partial charge < -0.3 is 0 Å². The van der Waals surface area contributed by atoms with E-state index in [1.807, 2.05) is 0 Å². The van der Waals surface area contributed by atoms with Gasteiger partial charge in [-0.25, -0.2) is 5.14 Å². The summed E-state index contributed by atoms with van der Waals surface area (Å²) in [7, 11) is -9.61. The van der Waals surface area contributed by atoms with Gasteiger partial charge in [-0.2, -0.15) is 16.8 Å². The summed E-state index contributed by atoms with van der Waals surface area (Å²) in [6, 6.07) is 0. The Morgan fingerprint density at radius 2 is 1.56 bits per heavy atom. The molecule has 56 valence electrons. The molecule has 0 aliphatic carbocycles. The van der Waals surface area contributed by atoms with Crippen LogP contribution in [-0.4, -0.2) is 21.4 Å². The van der Waals surface area contributed by atoms with Crippen molar-refractivity contribution in [3.63, 3.8) is 0 Å². The summed E-state index contributed by atoms with van der Waals surface area (Å²) in [4.78, 5) is 0. The summed E-state index contributed by atoms with van der Waals surface area (Å²) in [5.41, 5.74) is 0. The second-order valence-corrected chi connectivity index (χ2v) is 3.37. The van der Waals surface area contributed by atoms with Crippen LogP contribution in [0.2, 0.25) is 0 Å². The summed E-state index contributed by atoms with van der Waals surface area (Å²) in [5.74, 6) is 0. The van der Waals surface area contributed by atoms with Crippen LogP contribution in [0.4, 0.5) is 0 Å². The van der Waals surface area contributed by atoms with Crippen LogP contribution >= 0.6 is 0 Å². The third-order valence-electron chi connectivity index (χ3n) is 0.181. The van der Waals surface area contributed by atoms with Crippen LogP contribution in [0.3, 0.4) is 0 Å². The average molecular weight is 177 g/mol. The van der Waals surface area contributed by atoms with E-state index in [-0.39, 0.29) is 0 Å². The smallest absolute Gasteiger partial charge is 0.263 e. The molecule has 0 rings (SSSR count). The molecule has 0 aromatic carbocycles. The molecule has 0 amide bonds. The molecule has 0 heterocycles. The van der Waals surface area contributed by atoms with E-state index in [4.69, 9.17) is 4.55 Å². The Labute approximate surface area is 51.6 Å². The standard InChI is InChI=1S/H3NO6S2/c1-8(2,3)7-9(4,5)6/h(H2,1,2,3)(H,4,5,6). The third kappa shape index (κ3) is 7.78. The van der Waals surface area contributed by atoms with Crippen molar-refractivity contribution >= 4 is 20.7 Å². The monoisotopic (exact) mass is 177 g/mol. The lowest BCUT2D eigenvalue weighted by molar-refractivity contribution is 0.384. The van der Waals surface area contributed by atoms with Gasteiger partial charge in [0.1, 0.15) is 0 Å². The zero-order valence-electron chi connectivity index (χ0n) is 3.88. The molecule has 0 spiro atoms. The van der Waals surface area contributed by atoms with E-state index in [0.29, 0.717) is 0 Å². The van der Waals surface area contributed by atoms with Gasteiger partial charge in [-0.15, -0.1) is 3.63 Å². The van der Waals surface area contributed by atoms with Crippen LogP contribution < -0.4 is 5.14 Å². The summed E-state index contributed by atoms with van der Waals surface area (Å²) < 4.78 is 48.9. The molecule has 0 saturated heterocycles. The van der Waals surface area contributed by atoms with Gasteiger partial charge in [0.05, 0.1) is 0 Å². The Balaban J connectivity index is 4.46. The zero-order valence-corrected chi connectivity index (χ0v) is 5.52. The van der Waals surface area contributed by atoms with Gasteiger partial charge >= 0.3 is 20.7 Å². The third-order valence-corrected chi connectivity index (χ3v) is 1.63. The Bertz CT molecular complexity index is 236. The van der Waals surface area contributed by atoms with E-state index in [9.17, 15) is 16.8 Å². The molecular formula is H3NO6S2. The number of nitrogens with two attached hydrogens (primary N) is 1. The fraction of sp³-hybridized carbons (Fsp3) is 0. The number of hydrogen-bond acceptors (Lipinski definition) is 5. The minimum atomic E-state index is -4.99. The fourth-order valence-corrected chi connectivity index (χ4v) is 1.08. The molecule has 0 saturated carbocycles. The summed E-state index contributed by atoms with van der Waals surface area (Å²) >= 11 is 0. The number of rotatable bonds is 2. The topological polar surface area (TPSA) is 124 Å². The molecule has 0 fully saturated rings. The lowest BCUT2D eigenvalue weighted by atomic mass is 13.9. The van der Waals surface area contributed by atoms with E-state index < -0.39 is 20.7 Å². The van der Waals surface area contributed by atoms with Gasteiger partial charge in [-0.1, -0.05) is 0 Å². The van der Waals surface area contributed by atoms with Crippen molar-refractivity contribution in [1.82, 2.24) is 0 Å². The van der Waals surface area contributed by atoms with Gasteiger partial charge in [-0.05, 0) is 0 Å². The highest BCUT2D eigenvalue weighted by atomic mass is 32.3. The summed E-state index contributed by atoms with van der Waals surface area (Å²) in [6.45, 7) is 0. The molecular weight excluding hydrogens is 174 g/mol. The Hall–Kier alpha value is -0.220. The van der Waals surface area contributed by atoms with E-state index >= 15 is 0 Å². The quantitative estimate of drug-likeness (QED) is 0.470. The first-order valence-electron chi connectivity index (χ1n) is 1.42. The van der Waals surface area contributed by atoms with Gasteiger partial charge in [0, 0.05) is 0 Å². The molecule has 0 aromatic rings. The lowest BCUT2D eigenvalue weighted by Crippen LogP contribution is -2.19. The second-order valence-electron chi connectivity index (χ2n) is 0.989. The first kappa shape index (κ1) is 8.78. The molecule has 0 radical (unpaired) electrons. The lowest BCUT2D eigenvalue weighted by Gasteiger charge is -1.91. The molecule has 9 heavy (non-hydrogen) atoms. The van der Waals surface area contributed by atoms with Gasteiger partial charge in [0.15, 0.2) is 0 Å². The molecule has 0 aliphatic heterocycles. The van der Waals surface area contributed by atoms with Crippen LogP contribution in [-0.2, 0) is 24.3 Å². The molecule has 3 N–H and O–H groups in total. The van der Waals surface area contributed by atoms with Gasteiger partial charge in [-0.3, -0.25) is 4.55 Å². The second kappa shape index (κ2) is 2.19. The molecule has 9 heteroatoms. The van der Waals surface area contributed by atoms with Crippen molar-refractivity contribution in [3.8, 4) is 0 Å². The molecule has 0 atom stereocenters. The van der Waals surface area contributed by atoms with E-state index in [1.165, 1.54) is 0 Å². The van der Waals surface area contributed by atoms with Crippen LogP contribution in [0.15, 0.2) is 0 Å². The number of hydrogen-bond donors (Lipinski definition) is 2. The zero-order chi connectivity index (χ0) is 7.71. The van der Waals surface area contributed by atoms with Crippen LogP contribution in [0.25, 0.3) is 0 Å². The van der Waals surface area contributed by atoms with Gasteiger partial charge in [0.2, 0.25) is 0 Å². The first-order valence-corrected chi connectivity index (χ1v) is 4.25. The maximum atomic E-state index is 9.66. The average Bonchev–Trinajstić information content (AvgIpc) is 1.14. The Morgan fingerprint density at radius 1 is 1.22 bits per heavy atom. The maximum Gasteiger partial charge on any atom is 0.413 e. The van der Waals surface area contributed by atoms with Crippen molar-refractivity contribution in [2.24, 2.45) is 5.14 Å². The van der Waals surface area contributed by atoms with Crippen molar-refractivity contribution in [2.75, 3.05) is 0 Å². The van der Waals surface area contributed by atoms with E-state index in [1.54, 1.807) is 0 Å². The van der Waals surface area contributed by atoms with Crippen molar-refractivity contribution in [2.45, 2.75) is 0 Å². The molecule has 0 aromatic heterocycles. The maximum absolute atomic E-state index is 9.66. The SMILES string of the molecule is NS(=O)(=O)OS(=O)(=O)O. The first-order chi connectivity index (χ1) is 3.71.